The van der Waals surface area contributed by atoms with Crippen LogP contribution in [0.15, 0.2) is 121 Å². The highest BCUT2D eigenvalue weighted by molar-refractivity contribution is 5.83. The second-order valence-electron chi connectivity index (χ2n) is 14.5. The minimum Gasteiger partial charge on any atom is -0.481 e. The SMILES string of the molecule is CCCc1ccc(N(c2ccc(C)c(C)c2)c2ccc(-c3ccc(N(c4ccc(CCCC(=O)O)cc4)c4ccc(C)c(C)c4)c(C)c3)cc2C)cc1. The van der Waals surface area contributed by atoms with E-state index in [-0.39, 0.29) is 6.42 Å². The number of anilines is 6. The van der Waals surface area contributed by atoms with Crippen LogP contribution < -0.4 is 9.80 Å². The lowest BCUT2D eigenvalue weighted by atomic mass is 9.98. The smallest absolute Gasteiger partial charge is 0.303 e. The van der Waals surface area contributed by atoms with Crippen LogP contribution in [-0.2, 0) is 17.6 Å². The zero-order valence-corrected chi connectivity index (χ0v) is 32.3. The molecule has 0 saturated heterocycles. The van der Waals surface area contributed by atoms with Crippen molar-refractivity contribution in [2.75, 3.05) is 9.80 Å². The van der Waals surface area contributed by atoms with Crippen molar-refractivity contribution in [1.29, 1.82) is 0 Å². The summed E-state index contributed by atoms with van der Waals surface area (Å²) in [6, 6.07) is 44.6. The first-order valence-corrected chi connectivity index (χ1v) is 18.9. The molecule has 0 saturated carbocycles. The van der Waals surface area contributed by atoms with Gasteiger partial charge in [-0.1, -0.05) is 61.9 Å². The molecule has 4 heteroatoms. The molecular weight excluding hydrogens is 649 g/mol. The Bertz CT molecular complexity index is 2220. The molecule has 0 heterocycles. The average Bonchev–Trinajstić information content (AvgIpc) is 3.14. The Kier molecular flexibility index (Phi) is 11.5. The fraction of sp³-hybridized carbons (Fsp3) is 0.245. The van der Waals surface area contributed by atoms with E-state index in [0.717, 1.165) is 53.3 Å². The maximum absolute atomic E-state index is 11.0. The second kappa shape index (κ2) is 16.4. The molecule has 0 aliphatic rings. The largest absolute Gasteiger partial charge is 0.481 e. The van der Waals surface area contributed by atoms with Crippen LogP contribution in [0.3, 0.4) is 0 Å². The summed E-state index contributed by atoms with van der Waals surface area (Å²) in [7, 11) is 0. The molecule has 0 bridgehead atoms. The van der Waals surface area contributed by atoms with Crippen LogP contribution >= 0.6 is 0 Å². The van der Waals surface area contributed by atoms with Crippen LogP contribution in [0.2, 0.25) is 0 Å². The molecule has 0 spiro atoms. The monoisotopic (exact) mass is 700 g/mol. The van der Waals surface area contributed by atoms with Gasteiger partial charge in [0.2, 0.25) is 0 Å². The fourth-order valence-corrected chi connectivity index (χ4v) is 7.11. The van der Waals surface area contributed by atoms with E-state index >= 15 is 0 Å². The number of carboxylic acid groups (broad SMARTS) is 1. The van der Waals surface area contributed by atoms with Crippen molar-refractivity contribution in [3.8, 4) is 11.1 Å². The third kappa shape index (κ3) is 8.55. The molecule has 6 rings (SSSR count). The quantitative estimate of drug-likeness (QED) is 0.130. The summed E-state index contributed by atoms with van der Waals surface area (Å²) < 4.78 is 0. The maximum Gasteiger partial charge on any atom is 0.303 e. The fourth-order valence-electron chi connectivity index (χ4n) is 7.11. The van der Waals surface area contributed by atoms with Gasteiger partial charge in [-0.15, -0.1) is 0 Å². The Labute approximate surface area is 316 Å². The number of carboxylic acids is 1. The predicted octanol–water partition coefficient (Wildman–Crippen LogP) is 13.5. The van der Waals surface area contributed by atoms with E-state index in [1.54, 1.807) is 0 Å². The molecule has 0 aliphatic carbocycles. The summed E-state index contributed by atoms with van der Waals surface area (Å²) in [6.07, 6.45) is 3.78. The molecule has 53 heavy (non-hydrogen) atoms. The van der Waals surface area contributed by atoms with Gasteiger partial charge in [0.15, 0.2) is 0 Å². The lowest BCUT2D eigenvalue weighted by molar-refractivity contribution is -0.137. The van der Waals surface area contributed by atoms with Crippen molar-refractivity contribution >= 4 is 40.1 Å². The van der Waals surface area contributed by atoms with Crippen LogP contribution in [-0.4, -0.2) is 11.1 Å². The van der Waals surface area contributed by atoms with Crippen LogP contribution in [0, 0.1) is 41.5 Å². The number of aryl methyl sites for hydroxylation is 8. The second-order valence-corrected chi connectivity index (χ2v) is 14.5. The Hall–Kier alpha value is -5.61. The highest BCUT2D eigenvalue weighted by Crippen LogP contribution is 2.41. The molecule has 0 aliphatic heterocycles. The molecule has 0 atom stereocenters. The number of rotatable bonds is 13. The molecule has 6 aromatic rings. The van der Waals surface area contributed by atoms with Gasteiger partial charge in [-0.25, -0.2) is 0 Å². The van der Waals surface area contributed by atoms with E-state index < -0.39 is 5.97 Å². The van der Waals surface area contributed by atoms with Gasteiger partial charge < -0.3 is 14.9 Å². The van der Waals surface area contributed by atoms with Gasteiger partial charge in [-0.2, -0.15) is 0 Å². The normalized spacial score (nSPS) is 11.1. The number of carbonyl (C=O) groups is 1. The number of benzene rings is 6. The third-order valence-corrected chi connectivity index (χ3v) is 10.5. The Morgan fingerprint density at radius 1 is 0.472 bits per heavy atom. The standard InChI is InChI=1S/C49H52N2O2/c1-8-10-39-15-23-43(24-16-39)50(45-21-13-33(2)35(4)31-45)47-27-19-41(29-37(47)6)42-20-28-48(38(7)30-42)51(46-22-14-34(3)36(5)32-46)44-25-17-40(18-26-44)11-9-12-49(52)53/h13-32H,8-12H2,1-7H3,(H,52,53). The number of hydrogen-bond donors (Lipinski definition) is 1. The van der Waals surface area contributed by atoms with E-state index in [1.807, 2.05) is 0 Å². The van der Waals surface area contributed by atoms with E-state index in [9.17, 15) is 4.79 Å². The first-order chi connectivity index (χ1) is 25.5. The Morgan fingerprint density at radius 2 is 0.887 bits per heavy atom. The number of hydrogen-bond acceptors (Lipinski definition) is 3. The van der Waals surface area contributed by atoms with Gasteiger partial charge in [0.1, 0.15) is 0 Å². The number of aliphatic carboxylic acids is 1. The average molecular weight is 701 g/mol. The van der Waals surface area contributed by atoms with Crippen LogP contribution in [0.1, 0.15) is 70.7 Å². The molecular formula is C49H52N2O2. The van der Waals surface area contributed by atoms with Crippen molar-refractivity contribution in [3.05, 3.63) is 166 Å². The Morgan fingerprint density at radius 3 is 1.26 bits per heavy atom. The minimum absolute atomic E-state index is 0.182. The summed E-state index contributed by atoms with van der Waals surface area (Å²) in [5, 5.41) is 9.08. The number of nitrogens with zero attached hydrogens (tertiary/aromatic N) is 2. The predicted molar refractivity (Wildman–Crippen MR) is 224 cm³/mol. The molecule has 0 aromatic heterocycles. The van der Waals surface area contributed by atoms with Gasteiger partial charge in [-0.05, 0) is 189 Å². The van der Waals surface area contributed by atoms with Gasteiger partial charge in [0.05, 0.1) is 0 Å². The topological polar surface area (TPSA) is 43.8 Å². The summed E-state index contributed by atoms with van der Waals surface area (Å²) in [6.45, 7) is 15.3. The first-order valence-electron chi connectivity index (χ1n) is 18.9. The summed E-state index contributed by atoms with van der Waals surface area (Å²) in [4.78, 5) is 15.8. The molecule has 4 nitrogen and oxygen atoms in total. The lowest BCUT2D eigenvalue weighted by Crippen LogP contribution is -2.12. The molecule has 0 amide bonds. The van der Waals surface area contributed by atoms with Crippen molar-refractivity contribution < 1.29 is 9.90 Å². The zero-order valence-electron chi connectivity index (χ0n) is 32.3. The van der Waals surface area contributed by atoms with E-state index in [4.69, 9.17) is 5.11 Å². The van der Waals surface area contributed by atoms with Crippen molar-refractivity contribution in [2.24, 2.45) is 0 Å². The van der Waals surface area contributed by atoms with Crippen molar-refractivity contribution in [3.63, 3.8) is 0 Å². The van der Waals surface area contributed by atoms with E-state index in [0.29, 0.717) is 6.42 Å². The zero-order chi connectivity index (χ0) is 37.6. The van der Waals surface area contributed by atoms with Crippen LogP contribution in [0.25, 0.3) is 11.1 Å². The summed E-state index contributed by atoms with van der Waals surface area (Å²) in [5.41, 5.74) is 19.1. The van der Waals surface area contributed by atoms with Crippen LogP contribution in [0.4, 0.5) is 34.1 Å². The lowest BCUT2D eigenvalue weighted by Gasteiger charge is -2.29. The van der Waals surface area contributed by atoms with Gasteiger partial charge >= 0.3 is 5.97 Å². The molecule has 0 unspecified atom stereocenters. The molecule has 6 aromatic carbocycles. The first kappa shape index (κ1) is 37.2. The summed E-state index contributed by atoms with van der Waals surface area (Å²) >= 11 is 0. The summed E-state index contributed by atoms with van der Waals surface area (Å²) in [5.74, 6) is -0.750. The van der Waals surface area contributed by atoms with Gasteiger partial charge in [0, 0.05) is 40.5 Å². The third-order valence-electron chi connectivity index (χ3n) is 10.5. The molecule has 0 fully saturated rings. The Balaban J connectivity index is 1.35. The van der Waals surface area contributed by atoms with Crippen molar-refractivity contribution in [1.82, 2.24) is 0 Å². The van der Waals surface area contributed by atoms with E-state index in [1.165, 1.54) is 55.8 Å². The van der Waals surface area contributed by atoms with Crippen molar-refractivity contribution in [2.45, 2.75) is 80.6 Å². The maximum atomic E-state index is 11.0. The molecule has 0 radical (unpaired) electrons. The highest BCUT2D eigenvalue weighted by atomic mass is 16.4. The molecule has 1 N–H and O–H groups in total. The van der Waals surface area contributed by atoms with Crippen LogP contribution in [0.5, 0.6) is 0 Å². The van der Waals surface area contributed by atoms with Gasteiger partial charge in [-0.3, -0.25) is 4.79 Å². The molecule has 270 valence electrons. The highest BCUT2D eigenvalue weighted by Gasteiger charge is 2.19. The van der Waals surface area contributed by atoms with Gasteiger partial charge in [0.25, 0.3) is 0 Å². The van der Waals surface area contributed by atoms with E-state index in [2.05, 4.69) is 180 Å². The minimum atomic E-state index is -0.750.